The lowest BCUT2D eigenvalue weighted by molar-refractivity contribution is -0.142. The number of piperidine rings is 1. The Labute approximate surface area is 181 Å². The van der Waals surface area contributed by atoms with Crippen LogP contribution in [0.4, 0.5) is 11.4 Å². The van der Waals surface area contributed by atoms with Gasteiger partial charge in [0.05, 0.1) is 12.7 Å². The molecule has 0 spiro atoms. The van der Waals surface area contributed by atoms with Gasteiger partial charge >= 0.3 is 11.9 Å². The zero-order valence-electron chi connectivity index (χ0n) is 17.5. The minimum absolute atomic E-state index is 0.377. The van der Waals surface area contributed by atoms with Gasteiger partial charge in [0.15, 0.2) is 6.61 Å². The van der Waals surface area contributed by atoms with E-state index < -0.39 is 17.8 Å². The minimum atomic E-state index is -0.632. The van der Waals surface area contributed by atoms with Crippen LogP contribution in [-0.2, 0) is 19.1 Å². The summed E-state index contributed by atoms with van der Waals surface area (Å²) in [6.07, 6.45) is 6.46. The Morgan fingerprint density at radius 1 is 0.968 bits per heavy atom. The molecule has 0 radical (unpaired) electrons. The van der Waals surface area contributed by atoms with Crippen molar-refractivity contribution in [3.05, 3.63) is 65.7 Å². The van der Waals surface area contributed by atoms with Crippen molar-refractivity contribution in [2.24, 2.45) is 0 Å². The van der Waals surface area contributed by atoms with Crippen LogP contribution in [0.3, 0.4) is 0 Å². The van der Waals surface area contributed by atoms with E-state index in [0.29, 0.717) is 16.8 Å². The standard InChI is InChI=1S/C24H26N2O5/c1-30-24(29)19-8-5-18(6-9-19)7-14-23(28)31-17-22(27)25-20-10-12-21(13-11-20)26-15-3-2-4-16-26/h5-14H,2-4,15-17H2,1H3,(H,25,27)/b14-7+. The fourth-order valence-electron chi connectivity index (χ4n) is 3.30. The van der Waals surface area contributed by atoms with Crippen molar-refractivity contribution in [1.82, 2.24) is 0 Å². The molecule has 7 nitrogen and oxygen atoms in total. The Morgan fingerprint density at radius 2 is 1.65 bits per heavy atom. The van der Waals surface area contributed by atoms with E-state index in [2.05, 4.69) is 15.0 Å². The molecule has 3 rings (SSSR count). The lowest BCUT2D eigenvalue weighted by Crippen LogP contribution is -2.29. The molecule has 0 unspecified atom stereocenters. The molecule has 1 aliphatic rings. The number of hydrogen-bond donors (Lipinski definition) is 1. The van der Waals surface area contributed by atoms with E-state index in [9.17, 15) is 14.4 Å². The van der Waals surface area contributed by atoms with Crippen LogP contribution < -0.4 is 10.2 Å². The maximum Gasteiger partial charge on any atom is 0.337 e. The quantitative estimate of drug-likeness (QED) is 0.542. The molecule has 0 aromatic heterocycles. The van der Waals surface area contributed by atoms with Crippen molar-refractivity contribution < 1.29 is 23.9 Å². The average molecular weight is 422 g/mol. The summed E-state index contributed by atoms with van der Waals surface area (Å²) in [5.74, 6) is -1.47. The van der Waals surface area contributed by atoms with Gasteiger partial charge in [0.1, 0.15) is 0 Å². The molecule has 2 aromatic carbocycles. The summed E-state index contributed by atoms with van der Waals surface area (Å²) in [6.45, 7) is 1.74. The van der Waals surface area contributed by atoms with Crippen LogP contribution in [0.5, 0.6) is 0 Å². The Balaban J connectivity index is 1.43. The third kappa shape index (κ3) is 6.70. The second-order valence-electron chi connectivity index (χ2n) is 7.20. The third-order valence-electron chi connectivity index (χ3n) is 4.96. The summed E-state index contributed by atoms with van der Waals surface area (Å²) >= 11 is 0. The Morgan fingerprint density at radius 3 is 2.29 bits per heavy atom. The Kier molecular flexibility index (Phi) is 7.81. The first kappa shape index (κ1) is 22.1. The maximum atomic E-state index is 12.0. The van der Waals surface area contributed by atoms with Crippen molar-refractivity contribution in [2.45, 2.75) is 19.3 Å². The molecule has 0 saturated carbocycles. The second kappa shape index (κ2) is 11.0. The summed E-state index contributed by atoms with van der Waals surface area (Å²) in [5, 5.41) is 2.72. The number of amides is 1. The van der Waals surface area contributed by atoms with Crippen molar-refractivity contribution in [3.8, 4) is 0 Å². The largest absolute Gasteiger partial charge is 0.465 e. The van der Waals surface area contributed by atoms with Gasteiger partial charge in [-0.05, 0) is 67.3 Å². The van der Waals surface area contributed by atoms with Gasteiger partial charge in [-0.3, -0.25) is 4.79 Å². The number of carbonyl (C=O) groups is 3. The van der Waals surface area contributed by atoms with Crippen LogP contribution in [0, 0.1) is 0 Å². The number of rotatable bonds is 7. The van der Waals surface area contributed by atoms with Crippen LogP contribution in [0.2, 0.25) is 0 Å². The highest BCUT2D eigenvalue weighted by molar-refractivity contribution is 5.95. The fourth-order valence-corrected chi connectivity index (χ4v) is 3.30. The van der Waals surface area contributed by atoms with E-state index in [4.69, 9.17) is 4.74 Å². The summed E-state index contributed by atoms with van der Waals surface area (Å²) in [7, 11) is 1.31. The van der Waals surface area contributed by atoms with Gasteiger partial charge in [0.2, 0.25) is 0 Å². The normalized spacial score (nSPS) is 13.6. The van der Waals surface area contributed by atoms with E-state index in [0.717, 1.165) is 18.8 Å². The SMILES string of the molecule is COC(=O)c1ccc(/C=C/C(=O)OCC(=O)Nc2ccc(N3CCCCC3)cc2)cc1. The van der Waals surface area contributed by atoms with E-state index in [1.165, 1.54) is 32.4 Å². The van der Waals surface area contributed by atoms with Crippen LogP contribution >= 0.6 is 0 Å². The first-order chi connectivity index (χ1) is 15.0. The van der Waals surface area contributed by atoms with Gasteiger partial charge in [-0.2, -0.15) is 0 Å². The monoisotopic (exact) mass is 422 g/mol. The summed E-state index contributed by atoms with van der Waals surface area (Å²) in [4.78, 5) is 37.6. The van der Waals surface area contributed by atoms with Crippen LogP contribution in [0.25, 0.3) is 6.08 Å². The molecule has 1 heterocycles. The maximum absolute atomic E-state index is 12.0. The minimum Gasteiger partial charge on any atom is -0.465 e. The summed E-state index contributed by atoms with van der Waals surface area (Å²) in [6, 6.07) is 14.2. The predicted molar refractivity (Wildman–Crippen MR) is 119 cm³/mol. The highest BCUT2D eigenvalue weighted by atomic mass is 16.5. The highest BCUT2D eigenvalue weighted by Crippen LogP contribution is 2.21. The molecule has 7 heteroatoms. The molecule has 162 valence electrons. The molecule has 1 amide bonds. The number of anilines is 2. The predicted octanol–water partition coefficient (Wildman–Crippen LogP) is 3.66. The van der Waals surface area contributed by atoms with E-state index in [-0.39, 0.29) is 6.61 Å². The number of benzene rings is 2. The average Bonchev–Trinajstić information content (AvgIpc) is 2.82. The van der Waals surface area contributed by atoms with Gasteiger partial charge in [0.25, 0.3) is 5.91 Å². The molecule has 0 atom stereocenters. The molecule has 31 heavy (non-hydrogen) atoms. The molecule has 1 aliphatic heterocycles. The Hall–Kier alpha value is -3.61. The van der Waals surface area contributed by atoms with E-state index in [1.54, 1.807) is 30.3 Å². The van der Waals surface area contributed by atoms with E-state index in [1.807, 2.05) is 24.3 Å². The number of carbonyl (C=O) groups excluding carboxylic acids is 3. The van der Waals surface area contributed by atoms with E-state index >= 15 is 0 Å². The van der Waals surface area contributed by atoms with Crippen molar-refractivity contribution >= 4 is 35.3 Å². The highest BCUT2D eigenvalue weighted by Gasteiger charge is 2.11. The molecule has 1 saturated heterocycles. The summed E-state index contributed by atoms with van der Waals surface area (Å²) < 4.78 is 9.61. The van der Waals surface area contributed by atoms with Gasteiger partial charge in [-0.15, -0.1) is 0 Å². The first-order valence-corrected chi connectivity index (χ1v) is 10.2. The van der Waals surface area contributed by atoms with Crippen LogP contribution in [-0.4, -0.2) is 44.7 Å². The topological polar surface area (TPSA) is 84.9 Å². The molecular weight excluding hydrogens is 396 g/mol. The Bertz CT molecular complexity index is 929. The van der Waals surface area contributed by atoms with Gasteiger partial charge in [-0.1, -0.05) is 12.1 Å². The molecule has 0 aliphatic carbocycles. The number of esters is 2. The van der Waals surface area contributed by atoms with Crippen LogP contribution in [0.15, 0.2) is 54.6 Å². The van der Waals surface area contributed by atoms with Crippen molar-refractivity contribution in [2.75, 3.05) is 37.0 Å². The molecular formula is C24H26N2O5. The summed E-state index contributed by atoms with van der Waals surface area (Å²) in [5.41, 5.74) is 2.93. The lowest BCUT2D eigenvalue weighted by Gasteiger charge is -2.28. The second-order valence-corrected chi connectivity index (χ2v) is 7.20. The zero-order chi connectivity index (χ0) is 22.1. The lowest BCUT2D eigenvalue weighted by atomic mass is 10.1. The van der Waals surface area contributed by atoms with Crippen molar-refractivity contribution in [3.63, 3.8) is 0 Å². The first-order valence-electron chi connectivity index (χ1n) is 10.2. The van der Waals surface area contributed by atoms with Crippen molar-refractivity contribution in [1.29, 1.82) is 0 Å². The number of methoxy groups -OCH3 is 1. The zero-order valence-corrected chi connectivity index (χ0v) is 17.5. The molecule has 1 fully saturated rings. The third-order valence-corrected chi connectivity index (χ3v) is 4.96. The van der Waals surface area contributed by atoms with Gasteiger partial charge in [0, 0.05) is 30.5 Å². The number of hydrogen-bond acceptors (Lipinski definition) is 6. The number of nitrogens with one attached hydrogen (secondary N) is 1. The molecule has 0 bridgehead atoms. The smallest absolute Gasteiger partial charge is 0.337 e. The molecule has 1 N–H and O–H groups in total. The fraction of sp³-hybridized carbons (Fsp3) is 0.292. The molecule has 2 aromatic rings. The van der Waals surface area contributed by atoms with Gasteiger partial charge < -0.3 is 19.7 Å². The number of ether oxygens (including phenoxy) is 2. The van der Waals surface area contributed by atoms with Gasteiger partial charge in [-0.25, -0.2) is 9.59 Å². The number of nitrogens with zero attached hydrogens (tertiary/aromatic N) is 1. The van der Waals surface area contributed by atoms with Crippen LogP contribution in [0.1, 0.15) is 35.2 Å².